The van der Waals surface area contributed by atoms with E-state index in [1.807, 2.05) is 0 Å². The molecule has 0 spiro atoms. The van der Waals surface area contributed by atoms with Gasteiger partial charge < -0.3 is 19.9 Å². The van der Waals surface area contributed by atoms with Crippen LogP contribution in [0.3, 0.4) is 0 Å². The fourth-order valence-corrected chi connectivity index (χ4v) is 2.77. The Morgan fingerprint density at radius 1 is 1.22 bits per heavy atom. The van der Waals surface area contributed by atoms with Crippen LogP contribution < -0.4 is 14.8 Å². The van der Waals surface area contributed by atoms with E-state index in [0.29, 0.717) is 22.6 Å². The highest BCUT2D eigenvalue weighted by Crippen LogP contribution is 2.31. The van der Waals surface area contributed by atoms with Crippen LogP contribution in [-0.4, -0.2) is 31.2 Å². The number of rotatable bonds is 7. The van der Waals surface area contributed by atoms with Crippen molar-refractivity contribution in [1.29, 1.82) is 0 Å². The minimum atomic E-state index is -1.00. The number of methoxy groups -OCH3 is 2. The van der Waals surface area contributed by atoms with Crippen LogP contribution in [0, 0.1) is 0 Å². The van der Waals surface area contributed by atoms with Crippen molar-refractivity contribution in [3.05, 3.63) is 46.2 Å². The number of nitrogens with one attached hydrogen (secondary N) is 1. The van der Waals surface area contributed by atoms with Gasteiger partial charge in [0, 0.05) is 5.38 Å². The lowest BCUT2D eigenvalue weighted by Crippen LogP contribution is -2.30. The molecule has 7 heteroatoms. The van der Waals surface area contributed by atoms with E-state index < -0.39 is 12.0 Å². The minimum absolute atomic E-state index is 0.231. The summed E-state index contributed by atoms with van der Waals surface area (Å²) >= 11 is 1.40. The molecule has 122 valence electrons. The summed E-state index contributed by atoms with van der Waals surface area (Å²) in [5.41, 5.74) is 1.14. The maximum Gasteiger partial charge on any atom is 0.305 e. The molecule has 1 aromatic heterocycles. The summed E-state index contributed by atoms with van der Waals surface area (Å²) in [5.74, 6) is -0.303. The Balaban J connectivity index is 2.27. The normalized spacial score (nSPS) is 11.6. The highest BCUT2D eigenvalue weighted by atomic mass is 32.1. The molecular formula is C16H17NO5S. The number of thiophene rings is 1. The molecule has 1 aromatic carbocycles. The maximum absolute atomic E-state index is 12.2. The summed E-state index contributed by atoms with van der Waals surface area (Å²) in [5, 5.41) is 15.4. The minimum Gasteiger partial charge on any atom is -0.493 e. The molecule has 0 saturated carbocycles. The van der Waals surface area contributed by atoms with E-state index in [1.54, 1.807) is 35.0 Å². The van der Waals surface area contributed by atoms with Gasteiger partial charge in [0.25, 0.3) is 5.91 Å². The zero-order valence-corrected chi connectivity index (χ0v) is 13.6. The van der Waals surface area contributed by atoms with Crippen molar-refractivity contribution in [1.82, 2.24) is 5.32 Å². The molecule has 2 rings (SSSR count). The number of benzene rings is 1. The number of carbonyl (C=O) groups excluding carboxylic acids is 1. The van der Waals surface area contributed by atoms with Gasteiger partial charge in [-0.1, -0.05) is 6.07 Å². The largest absolute Gasteiger partial charge is 0.493 e. The lowest BCUT2D eigenvalue weighted by Gasteiger charge is -2.19. The fraction of sp³-hybridized carbons (Fsp3) is 0.250. The zero-order chi connectivity index (χ0) is 16.8. The average molecular weight is 335 g/mol. The van der Waals surface area contributed by atoms with Gasteiger partial charge in [-0.05, 0) is 29.1 Å². The third-order valence-corrected chi connectivity index (χ3v) is 3.96. The topological polar surface area (TPSA) is 84.9 Å². The number of carboxylic acids is 1. The number of ether oxygens (including phenoxy) is 2. The van der Waals surface area contributed by atoms with Gasteiger partial charge in [0.15, 0.2) is 11.5 Å². The van der Waals surface area contributed by atoms with Crippen molar-refractivity contribution in [2.24, 2.45) is 0 Å². The molecule has 6 nitrogen and oxygen atoms in total. The Hall–Kier alpha value is -2.54. The van der Waals surface area contributed by atoms with Gasteiger partial charge in [-0.25, -0.2) is 0 Å². The number of amides is 1. The van der Waals surface area contributed by atoms with Crippen molar-refractivity contribution in [3.63, 3.8) is 0 Å². The third-order valence-electron chi connectivity index (χ3n) is 3.28. The molecule has 0 bridgehead atoms. The van der Waals surface area contributed by atoms with Gasteiger partial charge in [-0.15, -0.1) is 0 Å². The molecule has 23 heavy (non-hydrogen) atoms. The van der Waals surface area contributed by atoms with E-state index in [2.05, 4.69) is 5.32 Å². The van der Waals surface area contributed by atoms with E-state index in [-0.39, 0.29) is 12.3 Å². The molecule has 1 atom stereocenters. The molecule has 2 N–H and O–H groups in total. The first-order valence-corrected chi connectivity index (χ1v) is 7.76. The van der Waals surface area contributed by atoms with Gasteiger partial charge in [-0.3, -0.25) is 9.59 Å². The average Bonchev–Trinajstić information content (AvgIpc) is 3.07. The van der Waals surface area contributed by atoms with Gasteiger partial charge in [0.05, 0.1) is 32.2 Å². The molecule has 0 saturated heterocycles. The lowest BCUT2D eigenvalue weighted by molar-refractivity contribution is -0.137. The van der Waals surface area contributed by atoms with Crippen LogP contribution in [-0.2, 0) is 4.79 Å². The summed E-state index contributed by atoms with van der Waals surface area (Å²) in [7, 11) is 3.02. The van der Waals surface area contributed by atoms with Gasteiger partial charge >= 0.3 is 5.97 Å². The Kier molecular flexibility index (Phi) is 5.59. The third kappa shape index (κ3) is 4.23. The van der Waals surface area contributed by atoms with Crippen LogP contribution in [0.4, 0.5) is 0 Å². The smallest absolute Gasteiger partial charge is 0.305 e. The number of hydrogen-bond donors (Lipinski definition) is 2. The Morgan fingerprint density at radius 3 is 2.52 bits per heavy atom. The van der Waals surface area contributed by atoms with Crippen molar-refractivity contribution >= 4 is 23.2 Å². The van der Waals surface area contributed by atoms with Gasteiger partial charge in [-0.2, -0.15) is 11.3 Å². The van der Waals surface area contributed by atoms with Crippen LogP contribution in [0.1, 0.15) is 28.4 Å². The van der Waals surface area contributed by atoms with Crippen LogP contribution in [0.2, 0.25) is 0 Å². The first kappa shape index (κ1) is 16.8. The zero-order valence-electron chi connectivity index (χ0n) is 12.7. The number of carbonyl (C=O) groups is 2. The summed E-state index contributed by atoms with van der Waals surface area (Å²) in [6, 6.07) is 6.08. The van der Waals surface area contributed by atoms with Crippen molar-refractivity contribution in [3.8, 4) is 11.5 Å². The Morgan fingerprint density at radius 2 is 1.96 bits per heavy atom. The monoisotopic (exact) mass is 335 g/mol. The van der Waals surface area contributed by atoms with E-state index in [4.69, 9.17) is 14.6 Å². The second kappa shape index (κ2) is 7.64. The quantitative estimate of drug-likeness (QED) is 0.813. The van der Waals surface area contributed by atoms with Crippen LogP contribution in [0.25, 0.3) is 0 Å². The summed E-state index contributed by atoms with van der Waals surface area (Å²) < 4.78 is 10.4. The number of carboxylic acid groups (broad SMARTS) is 1. The number of hydrogen-bond acceptors (Lipinski definition) is 5. The molecule has 1 amide bonds. The lowest BCUT2D eigenvalue weighted by atomic mass is 10.0. The predicted octanol–water partition coefficient (Wildman–Crippen LogP) is 2.71. The first-order chi connectivity index (χ1) is 11.0. The highest BCUT2D eigenvalue weighted by molar-refractivity contribution is 7.08. The maximum atomic E-state index is 12.2. The molecule has 2 aromatic rings. The Bertz CT molecular complexity index is 684. The molecule has 0 aliphatic carbocycles. The van der Waals surface area contributed by atoms with Crippen LogP contribution in [0.5, 0.6) is 11.5 Å². The van der Waals surface area contributed by atoms with Crippen molar-refractivity contribution < 1.29 is 24.2 Å². The molecule has 1 heterocycles. The standard InChI is InChI=1S/C16H17NO5S/c1-21-13-4-3-10(7-14(13)22-2)12(8-15(18)19)17-16(20)11-5-6-23-9-11/h3-7,9,12H,8H2,1-2H3,(H,17,20)(H,18,19)/t12-/m0/s1. The second-order valence-electron chi connectivity index (χ2n) is 4.75. The molecular weight excluding hydrogens is 318 g/mol. The van der Waals surface area contributed by atoms with Gasteiger partial charge in [0.1, 0.15) is 0 Å². The molecule has 0 aliphatic rings. The van der Waals surface area contributed by atoms with E-state index in [9.17, 15) is 9.59 Å². The molecule has 0 unspecified atom stereocenters. The van der Waals surface area contributed by atoms with E-state index >= 15 is 0 Å². The fourth-order valence-electron chi connectivity index (χ4n) is 2.13. The first-order valence-electron chi connectivity index (χ1n) is 6.82. The molecule has 0 aliphatic heterocycles. The van der Waals surface area contributed by atoms with Crippen molar-refractivity contribution in [2.75, 3.05) is 14.2 Å². The predicted molar refractivity (Wildman–Crippen MR) is 86.3 cm³/mol. The summed E-state index contributed by atoms with van der Waals surface area (Å²) in [4.78, 5) is 23.3. The Labute approximate surface area is 137 Å². The molecule has 0 radical (unpaired) electrons. The van der Waals surface area contributed by atoms with E-state index in [0.717, 1.165) is 0 Å². The molecule has 0 fully saturated rings. The van der Waals surface area contributed by atoms with E-state index in [1.165, 1.54) is 25.6 Å². The number of aliphatic carboxylic acids is 1. The van der Waals surface area contributed by atoms with Gasteiger partial charge in [0.2, 0.25) is 0 Å². The second-order valence-corrected chi connectivity index (χ2v) is 5.53. The summed E-state index contributed by atoms with van der Waals surface area (Å²) in [6.07, 6.45) is -0.231. The summed E-state index contributed by atoms with van der Waals surface area (Å²) in [6.45, 7) is 0. The van der Waals surface area contributed by atoms with Crippen molar-refractivity contribution in [2.45, 2.75) is 12.5 Å². The highest BCUT2D eigenvalue weighted by Gasteiger charge is 2.20. The van der Waals surface area contributed by atoms with Crippen LogP contribution in [0.15, 0.2) is 35.0 Å². The SMILES string of the molecule is COc1ccc([C@H](CC(=O)O)NC(=O)c2ccsc2)cc1OC. The van der Waals surface area contributed by atoms with Crippen LogP contribution >= 0.6 is 11.3 Å².